The van der Waals surface area contributed by atoms with E-state index in [9.17, 15) is 0 Å². The van der Waals surface area contributed by atoms with Crippen molar-refractivity contribution in [3.8, 4) is 0 Å². The average molecular weight is 306 g/mol. The number of rotatable bonds is 0. The molecule has 1 aliphatic rings. The van der Waals surface area contributed by atoms with E-state index in [4.69, 9.17) is 0 Å². The molecule has 0 unspecified atom stereocenters. The van der Waals surface area contributed by atoms with Crippen molar-refractivity contribution < 1.29 is 0 Å². The summed E-state index contributed by atoms with van der Waals surface area (Å²) < 4.78 is 0. The van der Waals surface area contributed by atoms with E-state index in [-0.39, 0.29) is 0 Å². The number of hydrogen-bond donors (Lipinski definition) is 0. The third kappa shape index (κ3) is 2.04. The van der Waals surface area contributed by atoms with Gasteiger partial charge in [0.1, 0.15) is 0 Å². The molecule has 0 saturated heterocycles. The first-order valence-corrected chi connectivity index (χ1v) is 8.86. The van der Waals surface area contributed by atoms with Crippen LogP contribution in [0.3, 0.4) is 0 Å². The summed E-state index contributed by atoms with van der Waals surface area (Å²) in [6.45, 7) is 20.9. The van der Waals surface area contributed by atoms with E-state index in [1.165, 1.54) is 44.5 Å². The molecule has 122 valence electrons. The van der Waals surface area contributed by atoms with Crippen molar-refractivity contribution in [1.82, 2.24) is 0 Å². The molecule has 1 aliphatic carbocycles. The van der Waals surface area contributed by atoms with Gasteiger partial charge in [-0.2, -0.15) is 0 Å². The van der Waals surface area contributed by atoms with Crippen molar-refractivity contribution in [3.63, 3.8) is 0 Å². The minimum atomic E-state index is 0.504. The van der Waals surface area contributed by atoms with Crippen LogP contribution < -0.4 is 0 Å². The fourth-order valence-electron chi connectivity index (χ4n) is 4.79. The number of hydrogen-bond acceptors (Lipinski definition) is 0. The molecule has 0 radical (unpaired) electrons. The Morgan fingerprint density at radius 1 is 0.478 bits per heavy atom. The summed E-state index contributed by atoms with van der Waals surface area (Å²) in [4.78, 5) is 0. The van der Waals surface area contributed by atoms with Crippen molar-refractivity contribution in [2.45, 2.75) is 74.7 Å². The van der Waals surface area contributed by atoms with Gasteiger partial charge in [0.25, 0.3) is 0 Å². The number of fused-ring (bicyclic) bond motifs is 2. The van der Waals surface area contributed by atoms with Crippen LogP contribution in [0.5, 0.6) is 0 Å². The predicted octanol–water partition coefficient (Wildman–Crippen LogP) is 6.21. The van der Waals surface area contributed by atoms with E-state index in [1.807, 2.05) is 0 Å². The van der Waals surface area contributed by atoms with Crippen molar-refractivity contribution in [3.05, 3.63) is 66.8 Å². The van der Waals surface area contributed by atoms with E-state index in [2.05, 4.69) is 62.3 Å². The monoisotopic (exact) mass is 306 g/mol. The zero-order chi connectivity index (χ0) is 17.2. The molecule has 0 heteroatoms. The molecule has 0 N–H and O–H groups in total. The molecule has 0 heterocycles. The molecule has 0 aromatic heterocycles. The Morgan fingerprint density at radius 3 is 1.13 bits per heavy atom. The Labute approximate surface area is 141 Å². The Bertz CT molecular complexity index is 765. The van der Waals surface area contributed by atoms with Gasteiger partial charge in [0.2, 0.25) is 0 Å². The average Bonchev–Trinajstić information content (AvgIpc) is 2.53. The molecule has 2 aromatic rings. The highest BCUT2D eigenvalue weighted by Gasteiger charge is 2.30. The molecule has 0 aliphatic heterocycles. The van der Waals surface area contributed by atoms with Gasteiger partial charge in [-0.05, 0) is 129 Å². The first kappa shape index (κ1) is 16.3. The topological polar surface area (TPSA) is 0 Å². The summed E-state index contributed by atoms with van der Waals surface area (Å²) in [6.07, 6.45) is 1.11. The first-order valence-electron chi connectivity index (χ1n) is 8.86. The number of benzene rings is 2. The van der Waals surface area contributed by atoms with Gasteiger partial charge >= 0.3 is 0 Å². The van der Waals surface area contributed by atoms with E-state index < -0.39 is 0 Å². The van der Waals surface area contributed by atoms with E-state index in [1.54, 1.807) is 22.3 Å². The van der Waals surface area contributed by atoms with Crippen molar-refractivity contribution in [2.24, 2.45) is 0 Å². The summed E-state index contributed by atoms with van der Waals surface area (Å²) in [5.41, 5.74) is 18.4. The normalized spacial score (nSPS) is 14.0. The van der Waals surface area contributed by atoms with Crippen LogP contribution >= 0.6 is 0 Å². The molecule has 0 nitrogen and oxygen atoms in total. The maximum Gasteiger partial charge on any atom is 0.00723 e. The summed E-state index contributed by atoms with van der Waals surface area (Å²) in [5, 5.41) is 0. The lowest BCUT2D eigenvalue weighted by Crippen LogP contribution is -2.20. The summed E-state index contributed by atoms with van der Waals surface area (Å²) in [5.74, 6) is 0.504. The van der Waals surface area contributed by atoms with Crippen LogP contribution in [0, 0.1) is 55.4 Å². The summed E-state index contributed by atoms with van der Waals surface area (Å²) in [7, 11) is 0. The first-order chi connectivity index (χ1) is 10.7. The molecule has 0 amide bonds. The van der Waals surface area contributed by atoms with Crippen LogP contribution in [0.1, 0.15) is 79.6 Å². The third-order valence-corrected chi connectivity index (χ3v) is 6.96. The van der Waals surface area contributed by atoms with Gasteiger partial charge in [-0.1, -0.05) is 6.92 Å². The van der Waals surface area contributed by atoms with E-state index in [0.717, 1.165) is 6.42 Å². The molecule has 3 rings (SSSR count). The lowest BCUT2D eigenvalue weighted by molar-refractivity contribution is 0.805. The zero-order valence-electron chi connectivity index (χ0n) is 16.3. The van der Waals surface area contributed by atoms with Crippen LogP contribution in [0.25, 0.3) is 0 Å². The van der Waals surface area contributed by atoms with Gasteiger partial charge in [-0.25, -0.2) is 0 Å². The van der Waals surface area contributed by atoms with Crippen molar-refractivity contribution in [2.75, 3.05) is 0 Å². The van der Waals surface area contributed by atoms with Crippen molar-refractivity contribution in [1.29, 1.82) is 0 Å². The van der Waals surface area contributed by atoms with Gasteiger partial charge < -0.3 is 0 Å². The summed E-state index contributed by atoms with van der Waals surface area (Å²) >= 11 is 0. The Kier molecular flexibility index (Phi) is 3.71. The molecule has 0 fully saturated rings. The zero-order valence-corrected chi connectivity index (χ0v) is 16.3. The molecular weight excluding hydrogens is 276 g/mol. The van der Waals surface area contributed by atoms with E-state index in [0.29, 0.717) is 5.92 Å². The smallest absolute Gasteiger partial charge is 0.00723 e. The summed E-state index contributed by atoms with van der Waals surface area (Å²) in [6, 6.07) is 0. The third-order valence-electron chi connectivity index (χ3n) is 6.96. The Hall–Kier alpha value is -1.56. The molecule has 0 saturated carbocycles. The minimum absolute atomic E-state index is 0.504. The molecule has 0 spiro atoms. The molecule has 0 bridgehead atoms. The van der Waals surface area contributed by atoms with Gasteiger partial charge in [0, 0.05) is 5.92 Å². The predicted molar refractivity (Wildman–Crippen MR) is 101 cm³/mol. The Balaban J connectivity index is 2.40. The Morgan fingerprint density at radius 2 is 0.783 bits per heavy atom. The second-order valence-corrected chi connectivity index (χ2v) is 7.68. The van der Waals surface area contributed by atoms with E-state index >= 15 is 0 Å². The maximum absolute atomic E-state index is 2.42. The highest BCUT2D eigenvalue weighted by Crippen LogP contribution is 2.45. The second kappa shape index (κ2) is 5.23. The van der Waals surface area contributed by atoms with Crippen molar-refractivity contribution >= 4 is 0 Å². The van der Waals surface area contributed by atoms with Gasteiger partial charge in [0.15, 0.2) is 0 Å². The highest BCUT2D eigenvalue weighted by molar-refractivity contribution is 5.63. The van der Waals surface area contributed by atoms with Crippen LogP contribution in [0.4, 0.5) is 0 Å². The lowest BCUT2D eigenvalue weighted by Gasteiger charge is -2.34. The fraction of sp³-hybridized carbons (Fsp3) is 0.478. The molecule has 23 heavy (non-hydrogen) atoms. The SMILES string of the molecule is Cc1c(C)c(C)c2c(c1C)Cc1c(C)c(C)c(C)c(C)c1C2C. The van der Waals surface area contributed by atoms with Gasteiger partial charge in [-0.15, -0.1) is 0 Å². The highest BCUT2D eigenvalue weighted by atomic mass is 14.3. The van der Waals surface area contributed by atoms with Crippen LogP contribution in [-0.2, 0) is 6.42 Å². The van der Waals surface area contributed by atoms with Gasteiger partial charge in [-0.3, -0.25) is 0 Å². The minimum Gasteiger partial charge on any atom is -0.0543 e. The van der Waals surface area contributed by atoms with Crippen LogP contribution in [0.2, 0.25) is 0 Å². The quantitative estimate of drug-likeness (QED) is 0.543. The lowest BCUT2D eigenvalue weighted by atomic mass is 9.70. The van der Waals surface area contributed by atoms with Gasteiger partial charge in [0.05, 0.1) is 0 Å². The largest absolute Gasteiger partial charge is 0.0543 e. The fourth-order valence-corrected chi connectivity index (χ4v) is 4.79. The molecule has 2 aromatic carbocycles. The molecule has 0 atom stereocenters. The maximum atomic E-state index is 2.42. The van der Waals surface area contributed by atoms with Crippen LogP contribution in [0.15, 0.2) is 0 Å². The second-order valence-electron chi connectivity index (χ2n) is 7.68. The standard InChI is InChI=1S/C23H30/c1-11-13(3)17(7)22-19(9)23-18(8)14(4)12(2)16(6)21(23)10-20(22)15(11)5/h19H,10H2,1-9H3. The molecular formula is C23H30. The van der Waals surface area contributed by atoms with Crippen LogP contribution in [-0.4, -0.2) is 0 Å².